The molecule has 3 rings (SSSR count). The smallest absolute Gasteiger partial charge is 0.255 e. The number of unbranched alkanes of at least 4 members (excludes halogenated alkanes) is 1. The number of nitrogens with zero attached hydrogens (tertiary/aromatic N) is 2. The molecule has 3 N–H and O–H groups in total. The second kappa shape index (κ2) is 14.1. The van der Waals surface area contributed by atoms with Crippen LogP contribution in [0.3, 0.4) is 0 Å². The summed E-state index contributed by atoms with van der Waals surface area (Å²) in [5.41, 5.74) is 0.298. The Morgan fingerprint density at radius 1 is 1.13 bits per heavy atom. The van der Waals surface area contributed by atoms with E-state index in [0.29, 0.717) is 30.8 Å². The molecule has 2 aliphatic rings. The van der Waals surface area contributed by atoms with Crippen molar-refractivity contribution in [1.82, 2.24) is 25.8 Å². The van der Waals surface area contributed by atoms with Crippen molar-refractivity contribution in [3.8, 4) is 5.75 Å². The van der Waals surface area contributed by atoms with Crippen LogP contribution in [0.1, 0.15) is 62.7 Å². The minimum absolute atomic E-state index is 0.0501. The summed E-state index contributed by atoms with van der Waals surface area (Å²) in [5.74, 6) is -0.696. The number of para-hydroxylation sites is 1. The third-order valence-electron chi connectivity index (χ3n) is 7.16. The van der Waals surface area contributed by atoms with Crippen LogP contribution in [0, 0.1) is 5.92 Å². The zero-order valence-electron chi connectivity index (χ0n) is 23.1. The average Bonchev–Trinajstić information content (AvgIpc) is 3.38. The highest BCUT2D eigenvalue weighted by Gasteiger charge is 2.36. The quantitative estimate of drug-likeness (QED) is 0.461. The largest absolute Gasteiger partial charge is 0.491 e. The molecular formula is C28H43N5O5. The number of nitrogens with one attached hydrogen (secondary N) is 3. The molecule has 2 aliphatic heterocycles. The van der Waals surface area contributed by atoms with Crippen LogP contribution in [0.25, 0.3) is 0 Å². The van der Waals surface area contributed by atoms with Crippen LogP contribution in [-0.4, -0.2) is 91.9 Å². The van der Waals surface area contributed by atoms with E-state index < -0.39 is 18.0 Å². The van der Waals surface area contributed by atoms with Crippen LogP contribution in [0.15, 0.2) is 24.3 Å². The van der Waals surface area contributed by atoms with Gasteiger partial charge in [0, 0.05) is 19.5 Å². The van der Waals surface area contributed by atoms with Gasteiger partial charge in [0.05, 0.1) is 11.6 Å². The molecule has 0 aromatic heterocycles. The third kappa shape index (κ3) is 8.18. The molecular weight excluding hydrogens is 486 g/mol. The highest BCUT2D eigenvalue weighted by Crippen LogP contribution is 2.22. The van der Waals surface area contributed by atoms with E-state index in [1.54, 1.807) is 29.2 Å². The second-order valence-corrected chi connectivity index (χ2v) is 10.8. The van der Waals surface area contributed by atoms with Crippen LogP contribution < -0.4 is 20.7 Å². The summed E-state index contributed by atoms with van der Waals surface area (Å²) in [7, 11) is 4.00. The lowest BCUT2D eigenvalue weighted by atomic mass is 10.0. The van der Waals surface area contributed by atoms with E-state index in [9.17, 15) is 19.2 Å². The van der Waals surface area contributed by atoms with Gasteiger partial charge in [-0.05, 0) is 70.8 Å². The summed E-state index contributed by atoms with van der Waals surface area (Å²) in [6.45, 7) is 6.05. The first-order valence-corrected chi connectivity index (χ1v) is 13.7. The number of amides is 4. The fourth-order valence-corrected chi connectivity index (χ4v) is 4.78. The van der Waals surface area contributed by atoms with Crippen molar-refractivity contribution in [2.75, 3.05) is 40.3 Å². The van der Waals surface area contributed by atoms with Gasteiger partial charge in [0.1, 0.15) is 24.4 Å². The Hall–Kier alpha value is -3.14. The monoisotopic (exact) mass is 529 g/mol. The first-order valence-electron chi connectivity index (χ1n) is 13.7. The molecule has 2 heterocycles. The van der Waals surface area contributed by atoms with E-state index in [1.165, 1.54) is 0 Å². The Morgan fingerprint density at radius 3 is 2.63 bits per heavy atom. The van der Waals surface area contributed by atoms with Crippen LogP contribution in [0.5, 0.6) is 5.75 Å². The SMILES string of the molecule is CC(C)[C@H]1COc2ccccc2C(=O)N[C@H](C(=O)NCCCCN(C)C)CCC(=O)N2CCC[C@@H]2C(=O)N1. The van der Waals surface area contributed by atoms with E-state index in [4.69, 9.17) is 4.74 Å². The first kappa shape index (κ1) is 29.4. The van der Waals surface area contributed by atoms with E-state index in [2.05, 4.69) is 20.9 Å². The molecule has 10 heteroatoms. The summed E-state index contributed by atoms with van der Waals surface area (Å²) >= 11 is 0. The molecule has 0 saturated carbocycles. The van der Waals surface area contributed by atoms with E-state index in [1.807, 2.05) is 27.9 Å². The Bertz CT molecular complexity index is 982. The average molecular weight is 530 g/mol. The van der Waals surface area contributed by atoms with Crippen molar-refractivity contribution >= 4 is 23.6 Å². The Balaban J connectivity index is 1.82. The van der Waals surface area contributed by atoms with Gasteiger partial charge in [-0.3, -0.25) is 19.2 Å². The number of benzene rings is 1. The van der Waals surface area contributed by atoms with Gasteiger partial charge in [0.15, 0.2) is 0 Å². The summed E-state index contributed by atoms with van der Waals surface area (Å²) in [5, 5.41) is 8.80. The number of hydrogen-bond donors (Lipinski definition) is 3. The Kier molecular flexibility index (Phi) is 10.9. The minimum Gasteiger partial charge on any atom is -0.491 e. The molecule has 0 bridgehead atoms. The second-order valence-electron chi connectivity index (χ2n) is 10.8. The summed E-state index contributed by atoms with van der Waals surface area (Å²) < 4.78 is 6.04. The maximum Gasteiger partial charge on any atom is 0.255 e. The predicted molar refractivity (Wildman–Crippen MR) is 145 cm³/mol. The molecule has 10 nitrogen and oxygen atoms in total. The number of carbonyl (C=O) groups excluding carboxylic acids is 4. The molecule has 0 aliphatic carbocycles. The van der Waals surface area contributed by atoms with Crippen molar-refractivity contribution in [1.29, 1.82) is 0 Å². The standard InChI is InChI=1S/C28H43N5O5/c1-19(2)22-18-38-24-12-6-5-10-20(24)26(35)30-21(27(36)29-15-7-8-16-32(3)4)13-14-25(34)33-17-9-11-23(33)28(37)31-22/h5-6,10,12,19,21-23H,7-9,11,13-18H2,1-4H3,(H,29,36)(H,30,35)(H,31,37)/t21-,22+,23+/m0/s1. The molecule has 0 spiro atoms. The molecule has 0 unspecified atom stereocenters. The number of carbonyl (C=O) groups is 4. The number of fused-ring (bicyclic) bond motifs is 2. The van der Waals surface area contributed by atoms with Gasteiger partial charge in [-0.2, -0.15) is 0 Å². The number of rotatable bonds is 7. The third-order valence-corrected chi connectivity index (χ3v) is 7.16. The molecule has 38 heavy (non-hydrogen) atoms. The summed E-state index contributed by atoms with van der Waals surface area (Å²) in [6.07, 6.45) is 3.27. The topological polar surface area (TPSA) is 120 Å². The van der Waals surface area contributed by atoms with Gasteiger partial charge in [-0.15, -0.1) is 0 Å². The fraction of sp³-hybridized carbons (Fsp3) is 0.643. The molecule has 4 amide bonds. The number of hydrogen-bond acceptors (Lipinski definition) is 6. The lowest BCUT2D eigenvalue weighted by molar-refractivity contribution is -0.139. The van der Waals surface area contributed by atoms with Gasteiger partial charge in [-0.25, -0.2) is 0 Å². The van der Waals surface area contributed by atoms with Crippen molar-refractivity contribution in [2.24, 2.45) is 5.92 Å². The maximum absolute atomic E-state index is 13.3. The highest BCUT2D eigenvalue weighted by atomic mass is 16.5. The van der Waals surface area contributed by atoms with E-state index in [0.717, 1.165) is 25.8 Å². The normalized spacial score (nSPS) is 23.1. The van der Waals surface area contributed by atoms with Crippen LogP contribution in [0.4, 0.5) is 0 Å². The van der Waals surface area contributed by atoms with Gasteiger partial charge >= 0.3 is 0 Å². The van der Waals surface area contributed by atoms with E-state index >= 15 is 0 Å². The van der Waals surface area contributed by atoms with Crippen molar-refractivity contribution < 1.29 is 23.9 Å². The Morgan fingerprint density at radius 2 is 1.89 bits per heavy atom. The van der Waals surface area contributed by atoms with Crippen molar-refractivity contribution in [3.05, 3.63) is 29.8 Å². The molecule has 1 aromatic rings. The Labute approximate surface area is 225 Å². The maximum atomic E-state index is 13.3. The van der Waals surface area contributed by atoms with Crippen molar-refractivity contribution in [2.45, 2.75) is 70.5 Å². The molecule has 0 radical (unpaired) electrons. The molecule has 1 fully saturated rings. The lowest BCUT2D eigenvalue weighted by Gasteiger charge is -2.28. The van der Waals surface area contributed by atoms with Crippen LogP contribution >= 0.6 is 0 Å². The molecule has 1 saturated heterocycles. The summed E-state index contributed by atoms with van der Waals surface area (Å²) in [4.78, 5) is 56.5. The molecule has 3 atom stereocenters. The van der Waals surface area contributed by atoms with Crippen molar-refractivity contribution in [3.63, 3.8) is 0 Å². The lowest BCUT2D eigenvalue weighted by Crippen LogP contribution is -2.52. The van der Waals surface area contributed by atoms with Crippen LogP contribution in [-0.2, 0) is 14.4 Å². The van der Waals surface area contributed by atoms with Gasteiger partial charge in [0.2, 0.25) is 17.7 Å². The number of ether oxygens (including phenoxy) is 1. The molecule has 1 aromatic carbocycles. The zero-order valence-corrected chi connectivity index (χ0v) is 23.1. The van der Waals surface area contributed by atoms with E-state index in [-0.39, 0.29) is 49.1 Å². The predicted octanol–water partition coefficient (Wildman–Crippen LogP) is 1.55. The highest BCUT2D eigenvalue weighted by molar-refractivity contribution is 5.99. The fourth-order valence-electron chi connectivity index (χ4n) is 4.78. The van der Waals surface area contributed by atoms with Gasteiger partial charge in [-0.1, -0.05) is 26.0 Å². The zero-order chi connectivity index (χ0) is 27.7. The first-order chi connectivity index (χ1) is 18.2. The van der Waals surface area contributed by atoms with Gasteiger partial charge < -0.3 is 30.5 Å². The summed E-state index contributed by atoms with van der Waals surface area (Å²) in [6, 6.07) is 5.12. The minimum atomic E-state index is -0.892. The molecule has 210 valence electrons. The van der Waals surface area contributed by atoms with Gasteiger partial charge in [0.25, 0.3) is 5.91 Å². The van der Waals surface area contributed by atoms with Crippen LogP contribution in [0.2, 0.25) is 0 Å².